The van der Waals surface area contributed by atoms with Gasteiger partial charge in [0.2, 0.25) is 11.7 Å². The van der Waals surface area contributed by atoms with E-state index in [9.17, 15) is 14.7 Å². The van der Waals surface area contributed by atoms with Crippen molar-refractivity contribution in [3.05, 3.63) is 47.0 Å². The molecule has 2 aromatic carbocycles. The molecule has 36 heavy (non-hydrogen) atoms. The summed E-state index contributed by atoms with van der Waals surface area (Å²) in [6, 6.07) is 9.33. The van der Waals surface area contributed by atoms with Crippen LogP contribution in [0, 0.1) is 0 Å². The molecule has 9 nitrogen and oxygen atoms in total. The minimum Gasteiger partial charge on any atom is -0.493 e. The number of hydrogen-bond donors (Lipinski definition) is 2. The number of amides is 1. The van der Waals surface area contributed by atoms with Crippen LogP contribution in [0.1, 0.15) is 42.4 Å². The van der Waals surface area contributed by atoms with Crippen molar-refractivity contribution < 1.29 is 33.6 Å². The summed E-state index contributed by atoms with van der Waals surface area (Å²) in [4.78, 5) is 26.1. The molecule has 2 aliphatic rings. The highest BCUT2D eigenvalue weighted by Crippen LogP contribution is 2.40. The summed E-state index contributed by atoms with van der Waals surface area (Å²) < 4.78 is 23.4. The highest BCUT2D eigenvalue weighted by atomic mass is 16.5. The van der Waals surface area contributed by atoms with Gasteiger partial charge in [-0.25, -0.2) is 0 Å². The Morgan fingerprint density at radius 2 is 1.78 bits per heavy atom. The zero-order chi connectivity index (χ0) is 25.3. The maximum absolute atomic E-state index is 12.8. The Morgan fingerprint density at radius 3 is 2.61 bits per heavy atom. The van der Waals surface area contributed by atoms with Crippen molar-refractivity contribution in [3.8, 4) is 23.0 Å². The predicted molar refractivity (Wildman–Crippen MR) is 133 cm³/mol. The smallest absolute Gasteiger partial charge is 0.307 e. The monoisotopic (exact) mass is 498 g/mol. The van der Waals surface area contributed by atoms with Gasteiger partial charge in [0.25, 0.3) is 0 Å². The van der Waals surface area contributed by atoms with Crippen LogP contribution in [0.25, 0.3) is 0 Å². The molecule has 0 bridgehead atoms. The number of nitrogens with zero attached hydrogens (tertiary/aromatic N) is 1. The van der Waals surface area contributed by atoms with E-state index in [-0.39, 0.29) is 18.9 Å². The SMILES string of the molecule is COc1cc(CN2CC(=O)NCCCCCOc3ccc(CC(=O)O)cc3C2)cc2c1OCCCO2. The lowest BCUT2D eigenvalue weighted by Crippen LogP contribution is -2.37. The first-order valence-corrected chi connectivity index (χ1v) is 12.4. The van der Waals surface area contributed by atoms with E-state index < -0.39 is 5.97 Å². The van der Waals surface area contributed by atoms with Crippen LogP contribution in [0.15, 0.2) is 30.3 Å². The maximum Gasteiger partial charge on any atom is 0.307 e. The lowest BCUT2D eigenvalue weighted by atomic mass is 10.1. The van der Waals surface area contributed by atoms with Crippen LogP contribution < -0.4 is 24.3 Å². The third-order valence-corrected chi connectivity index (χ3v) is 6.14. The molecule has 0 aliphatic carbocycles. The minimum atomic E-state index is -0.893. The van der Waals surface area contributed by atoms with E-state index in [0.717, 1.165) is 36.8 Å². The number of fused-ring (bicyclic) bond motifs is 2. The number of rotatable bonds is 5. The number of carboxylic acids is 1. The first-order chi connectivity index (χ1) is 17.5. The van der Waals surface area contributed by atoms with Gasteiger partial charge in [0, 0.05) is 31.6 Å². The fraction of sp³-hybridized carbons (Fsp3) is 0.481. The number of carboxylic acid groups (broad SMARTS) is 1. The van der Waals surface area contributed by atoms with Crippen molar-refractivity contribution in [3.63, 3.8) is 0 Å². The highest BCUT2D eigenvalue weighted by Gasteiger charge is 2.21. The largest absolute Gasteiger partial charge is 0.493 e. The van der Waals surface area contributed by atoms with Gasteiger partial charge in [-0.2, -0.15) is 0 Å². The molecule has 0 aromatic heterocycles. The quantitative estimate of drug-likeness (QED) is 0.648. The number of hydrogen-bond acceptors (Lipinski definition) is 7. The van der Waals surface area contributed by atoms with Crippen molar-refractivity contribution in [2.24, 2.45) is 0 Å². The number of carbonyl (C=O) groups excluding carboxylic acids is 1. The predicted octanol–water partition coefficient (Wildman–Crippen LogP) is 3.16. The van der Waals surface area contributed by atoms with Crippen LogP contribution in [0.5, 0.6) is 23.0 Å². The summed E-state index contributed by atoms with van der Waals surface area (Å²) in [6.45, 7) is 3.35. The van der Waals surface area contributed by atoms with E-state index in [1.165, 1.54) is 0 Å². The number of nitrogens with one attached hydrogen (secondary N) is 1. The molecular formula is C27H34N2O7. The Labute approximate surface area is 211 Å². The van der Waals surface area contributed by atoms with Gasteiger partial charge >= 0.3 is 5.97 Å². The molecule has 2 aromatic rings. The number of aliphatic carboxylic acids is 1. The van der Waals surface area contributed by atoms with E-state index in [2.05, 4.69) is 5.32 Å². The molecule has 0 fully saturated rings. The fourth-order valence-electron chi connectivity index (χ4n) is 4.46. The second-order valence-corrected chi connectivity index (χ2v) is 9.09. The summed E-state index contributed by atoms with van der Waals surface area (Å²) >= 11 is 0. The maximum atomic E-state index is 12.8. The van der Waals surface area contributed by atoms with Crippen LogP contribution in [0.2, 0.25) is 0 Å². The normalized spacial score (nSPS) is 17.2. The zero-order valence-corrected chi connectivity index (χ0v) is 20.7. The van der Waals surface area contributed by atoms with Crippen molar-refractivity contribution >= 4 is 11.9 Å². The number of ether oxygens (including phenoxy) is 4. The molecule has 4 rings (SSSR count). The van der Waals surface area contributed by atoms with Gasteiger partial charge in [0.1, 0.15) is 5.75 Å². The van der Waals surface area contributed by atoms with E-state index in [1.807, 2.05) is 29.2 Å². The summed E-state index contributed by atoms with van der Waals surface area (Å²) in [5, 5.41) is 12.3. The third kappa shape index (κ3) is 7.04. The molecule has 0 radical (unpaired) electrons. The number of benzene rings is 2. The Kier molecular flexibility index (Phi) is 8.89. The van der Waals surface area contributed by atoms with Crippen LogP contribution in [0.3, 0.4) is 0 Å². The van der Waals surface area contributed by atoms with E-state index in [4.69, 9.17) is 18.9 Å². The number of methoxy groups -OCH3 is 1. The van der Waals surface area contributed by atoms with Crippen molar-refractivity contribution in [2.75, 3.05) is 40.0 Å². The second kappa shape index (κ2) is 12.5. The minimum absolute atomic E-state index is 0.0558. The molecule has 2 aliphatic heterocycles. The number of carbonyl (C=O) groups is 2. The molecule has 9 heteroatoms. The molecule has 1 amide bonds. The van der Waals surface area contributed by atoms with Gasteiger partial charge in [0.05, 0.1) is 39.9 Å². The molecule has 0 saturated carbocycles. The molecule has 2 N–H and O–H groups in total. The molecule has 194 valence electrons. The van der Waals surface area contributed by atoms with E-state index in [0.29, 0.717) is 68.0 Å². The standard InChI is InChI=1S/C27H34N2O7/c1-33-23-13-20(14-24-27(23)36-11-5-10-35-24)16-29-17-21-12-19(15-26(31)32)6-7-22(21)34-9-4-2-3-8-28-25(30)18-29/h6-7,12-14H,2-5,8-11,15-18H2,1H3,(H,28,30)(H,31,32). The van der Waals surface area contributed by atoms with Crippen molar-refractivity contribution in [1.82, 2.24) is 10.2 Å². The lowest BCUT2D eigenvalue weighted by Gasteiger charge is -2.24. The topological polar surface area (TPSA) is 107 Å². The van der Waals surface area contributed by atoms with E-state index >= 15 is 0 Å². The van der Waals surface area contributed by atoms with Crippen LogP contribution in [-0.2, 0) is 29.1 Å². The first-order valence-electron chi connectivity index (χ1n) is 12.4. The van der Waals surface area contributed by atoms with Gasteiger partial charge in [-0.3, -0.25) is 14.5 Å². The molecule has 0 spiro atoms. The van der Waals surface area contributed by atoms with Gasteiger partial charge in [-0.1, -0.05) is 12.1 Å². The Morgan fingerprint density at radius 1 is 0.972 bits per heavy atom. The average Bonchev–Trinajstić information content (AvgIpc) is 3.08. The lowest BCUT2D eigenvalue weighted by molar-refractivity contribution is -0.136. The molecule has 0 unspecified atom stereocenters. The summed E-state index contributed by atoms with van der Waals surface area (Å²) in [6.07, 6.45) is 3.43. The fourth-order valence-corrected chi connectivity index (χ4v) is 4.46. The van der Waals surface area contributed by atoms with Crippen LogP contribution >= 0.6 is 0 Å². The van der Waals surface area contributed by atoms with Gasteiger partial charge in [-0.15, -0.1) is 0 Å². The van der Waals surface area contributed by atoms with Gasteiger partial charge in [0.15, 0.2) is 11.5 Å². The summed E-state index contributed by atoms with van der Waals surface area (Å²) in [5.41, 5.74) is 2.45. The Balaban J connectivity index is 1.64. The Hall–Kier alpha value is -3.46. The molecule has 0 saturated heterocycles. The Bertz CT molecular complexity index is 1070. The van der Waals surface area contributed by atoms with Crippen molar-refractivity contribution in [1.29, 1.82) is 0 Å². The van der Waals surface area contributed by atoms with Crippen LogP contribution in [-0.4, -0.2) is 61.9 Å². The molecular weight excluding hydrogens is 464 g/mol. The first kappa shape index (κ1) is 25.6. The zero-order valence-electron chi connectivity index (χ0n) is 20.7. The highest BCUT2D eigenvalue weighted by molar-refractivity contribution is 5.78. The average molecular weight is 499 g/mol. The summed E-state index contributed by atoms with van der Waals surface area (Å²) in [5.74, 6) is 1.58. The second-order valence-electron chi connectivity index (χ2n) is 9.09. The van der Waals surface area contributed by atoms with E-state index in [1.54, 1.807) is 13.2 Å². The molecule has 2 heterocycles. The van der Waals surface area contributed by atoms with Gasteiger partial charge in [-0.05, 0) is 48.6 Å². The van der Waals surface area contributed by atoms with Gasteiger partial charge < -0.3 is 29.4 Å². The summed E-state index contributed by atoms with van der Waals surface area (Å²) in [7, 11) is 1.60. The molecule has 0 atom stereocenters. The van der Waals surface area contributed by atoms with Crippen LogP contribution in [0.4, 0.5) is 0 Å². The third-order valence-electron chi connectivity index (χ3n) is 6.14. The van der Waals surface area contributed by atoms with Crippen molar-refractivity contribution in [2.45, 2.75) is 45.2 Å².